The van der Waals surface area contributed by atoms with E-state index in [1.54, 1.807) is 16.8 Å². The molecular weight excluding hydrogens is 456 g/mol. The van der Waals surface area contributed by atoms with E-state index in [2.05, 4.69) is 30.4 Å². The van der Waals surface area contributed by atoms with Crippen LogP contribution in [0, 0.1) is 0 Å². The number of imidazole rings is 1. The van der Waals surface area contributed by atoms with E-state index in [1.165, 1.54) is 12.5 Å². The molecular formula is C21H18ClF2N7O2. The van der Waals surface area contributed by atoms with Gasteiger partial charge in [0.05, 0.1) is 29.2 Å². The summed E-state index contributed by atoms with van der Waals surface area (Å²) in [5, 5.41) is 7.15. The Hall–Kier alpha value is -3.60. The Morgan fingerprint density at radius 3 is 2.82 bits per heavy atom. The molecule has 0 bridgehead atoms. The van der Waals surface area contributed by atoms with E-state index in [4.69, 9.17) is 11.6 Å². The summed E-state index contributed by atoms with van der Waals surface area (Å²) in [7, 11) is 0. The lowest BCUT2D eigenvalue weighted by Crippen LogP contribution is -2.24. The van der Waals surface area contributed by atoms with Crippen molar-refractivity contribution < 1.29 is 13.6 Å². The Morgan fingerprint density at radius 1 is 1.33 bits per heavy atom. The summed E-state index contributed by atoms with van der Waals surface area (Å²) >= 11 is 6.04. The summed E-state index contributed by atoms with van der Waals surface area (Å²) in [6.45, 7) is 3.95. The van der Waals surface area contributed by atoms with Crippen LogP contribution in [0.3, 0.4) is 0 Å². The average Bonchev–Trinajstić information content (AvgIpc) is 3.44. The van der Waals surface area contributed by atoms with Gasteiger partial charge in [0.2, 0.25) is 5.91 Å². The molecule has 0 spiro atoms. The van der Waals surface area contributed by atoms with Gasteiger partial charge in [-0.25, -0.2) is 23.3 Å². The van der Waals surface area contributed by atoms with E-state index >= 15 is 0 Å². The molecule has 12 heteroatoms. The van der Waals surface area contributed by atoms with Crippen molar-refractivity contribution >= 4 is 29.0 Å². The zero-order chi connectivity index (χ0) is 23.5. The lowest BCUT2D eigenvalue weighted by atomic mass is 9.88. The maximum Gasteiger partial charge on any atom is 0.264 e. The molecule has 170 valence electrons. The van der Waals surface area contributed by atoms with Gasteiger partial charge in [-0.3, -0.25) is 9.59 Å². The van der Waals surface area contributed by atoms with E-state index in [-0.39, 0.29) is 22.2 Å². The highest BCUT2D eigenvalue weighted by molar-refractivity contribution is 6.29. The van der Waals surface area contributed by atoms with Crippen LogP contribution < -0.4 is 10.9 Å². The van der Waals surface area contributed by atoms with Crippen molar-refractivity contribution in [3.05, 3.63) is 63.2 Å². The predicted molar refractivity (Wildman–Crippen MR) is 117 cm³/mol. The molecule has 3 N–H and O–H groups in total. The van der Waals surface area contributed by atoms with Gasteiger partial charge in [0, 0.05) is 35.0 Å². The highest BCUT2D eigenvalue weighted by Crippen LogP contribution is 2.46. The van der Waals surface area contributed by atoms with Gasteiger partial charge in [0.15, 0.2) is 10.8 Å². The van der Waals surface area contributed by atoms with Crippen LogP contribution in [0.15, 0.2) is 35.6 Å². The maximum absolute atomic E-state index is 13.7. The van der Waals surface area contributed by atoms with E-state index in [0.717, 1.165) is 11.8 Å². The smallest absolute Gasteiger partial charge is 0.264 e. The lowest BCUT2D eigenvalue weighted by molar-refractivity contribution is -0.117. The number of nitrogens with zero attached hydrogens (tertiary/aromatic N) is 4. The average molecular weight is 474 g/mol. The van der Waals surface area contributed by atoms with E-state index in [9.17, 15) is 18.4 Å². The number of aromatic nitrogens is 6. The van der Waals surface area contributed by atoms with Gasteiger partial charge in [-0.05, 0) is 12.5 Å². The molecule has 5 rings (SSSR count). The van der Waals surface area contributed by atoms with Crippen molar-refractivity contribution in [1.29, 1.82) is 0 Å². The molecule has 0 saturated heterocycles. The predicted octanol–water partition coefficient (Wildman–Crippen LogP) is 3.80. The molecule has 1 unspecified atom stereocenters. The molecule has 0 aliphatic heterocycles. The zero-order valence-corrected chi connectivity index (χ0v) is 18.2. The molecule has 1 amide bonds. The summed E-state index contributed by atoms with van der Waals surface area (Å²) in [6, 6.07) is 2.69. The van der Waals surface area contributed by atoms with Crippen molar-refractivity contribution in [3.8, 4) is 11.3 Å². The second kappa shape index (κ2) is 7.48. The van der Waals surface area contributed by atoms with Gasteiger partial charge in [0.1, 0.15) is 5.82 Å². The first-order chi connectivity index (χ1) is 15.7. The molecule has 0 aromatic carbocycles. The van der Waals surface area contributed by atoms with Gasteiger partial charge in [-0.15, -0.1) is 0 Å². The number of carbonyl (C=O) groups excluding carboxylic acids is 1. The third-order valence-electron chi connectivity index (χ3n) is 5.84. The molecule has 33 heavy (non-hydrogen) atoms. The summed E-state index contributed by atoms with van der Waals surface area (Å²) in [5.74, 6) is -1.20. The number of hydrogen-bond acceptors (Lipinski definition) is 5. The lowest BCUT2D eigenvalue weighted by Gasteiger charge is -2.19. The van der Waals surface area contributed by atoms with Crippen LogP contribution in [0.4, 0.5) is 14.6 Å². The van der Waals surface area contributed by atoms with Crippen LogP contribution in [0.1, 0.15) is 49.4 Å². The number of H-pyrrole nitrogens is 2. The summed E-state index contributed by atoms with van der Waals surface area (Å²) < 4.78 is 29.1. The second-order valence-corrected chi connectivity index (χ2v) is 8.91. The number of amides is 1. The van der Waals surface area contributed by atoms with Crippen molar-refractivity contribution in [1.82, 2.24) is 29.5 Å². The van der Waals surface area contributed by atoms with Gasteiger partial charge in [0.25, 0.3) is 12.0 Å². The van der Waals surface area contributed by atoms with E-state index in [0.29, 0.717) is 17.6 Å². The first kappa shape index (κ1) is 21.3. The van der Waals surface area contributed by atoms with Crippen molar-refractivity contribution in [2.75, 3.05) is 5.32 Å². The van der Waals surface area contributed by atoms with Crippen LogP contribution in [0.2, 0.25) is 5.15 Å². The number of carbonyl (C=O) groups is 1. The Bertz CT molecular complexity index is 1440. The number of nitrogens with one attached hydrogen (secondary N) is 3. The van der Waals surface area contributed by atoms with Crippen LogP contribution in [0.5, 0.6) is 0 Å². The summed E-state index contributed by atoms with van der Waals surface area (Å²) in [4.78, 5) is 39.1. The number of pyridine rings is 1. The minimum Gasteiger partial charge on any atom is -0.351 e. The van der Waals surface area contributed by atoms with Crippen molar-refractivity contribution in [2.45, 2.75) is 38.0 Å². The van der Waals surface area contributed by atoms with Crippen molar-refractivity contribution in [3.63, 3.8) is 0 Å². The number of alkyl halides is 2. The van der Waals surface area contributed by atoms with E-state index < -0.39 is 34.8 Å². The Kier molecular flexibility index (Phi) is 4.82. The molecule has 0 saturated carbocycles. The van der Waals surface area contributed by atoms with Crippen LogP contribution in [-0.4, -0.2) is 35.5 Å². The number of aromatic amines is 2. The highest BCUT2D eigenvalue weighted by Gasteiger charge is 2.43. The van der Waals surface area contributed by atoms with Crippen LogP contribution >= 0.6 is 11.6 Å². The van der Waals surface area contributed by atoms with Gasteiger partial charge < -0.3 is 15.3 Å². The Morgan fingerprint density at radius 2 is 2.12 bits per heavy atom. The van der Waals surface area contributed by atoms with Crippen LogP contribution in [0.25, 0.3) is 16.9 Å². The van der Waals surface area contributed by atoms with Gasteiger partial charge >= 0.3 is 0 Å². The van der Waals surface area contributed by atoms with Crippen LogP contribution in [-0.2, 0) is 10.2 Å². The fourth-order valence-electron chi connectivity index (χ4n) is 4.50. The number of hydrogen-bond donors (Lipinski definition) is 3. The fourth-order valence-corrected chi connectivity index (χ4v) is 4.68. The molecule has 1 atom stereocenters. The first-order valence-corrected chi connectivity index (χ1v) is 10.4. The molecule has 0 fully saturated rings. The minimum atomic E-state index is -2.94. The third kappa shape index (κ3) is 3.48. The molecule has 4 aromatic heterocycles. The normalized spacial score (nSPS) is 17.0. The minimum absolute atomic E-state index is 0.0869. The standard InChI is InChI=1S/C21H18ClF2N7O2/c1-21(2)5-10(11-6-26-15-4-13(22)30-31(15)17(11)21)19(32)28-14-3-9(18(23)24)16(20(33)29-14)12-7-25-8-27-12/h3-4,6-8,10,18H,5H2,1-2H3,(H,25,27)(H2,28,29,32,33). The van der Waals surface area contributed by atoms with E-state index in [1.807, 2.05) is 13.8 Å². The Labute approximate surface area is 190 Å². The maximum atomic E-state index is 13.7. The zero-order valence-electron chi connectivity index (χ0n) is 17.5. The molecule has 9 nitrogen and oxygen atoms in total. The number of fused-ring (bicyclic) bond motifs is 3. The monoisotopic (exact) mass is 473 g/mol. The highest BCUT2D eigenvalue weighted by atomic mass is 35.5. The SMILES string of the molecule is CC1(C)CC(C(=O)Nc2cc(C(F)F)c(-c3c[nH]cn3)c(=O)[nH]2)c2cnc3cc(Cl)nn3c21. The molecule has 4 aromatic rings. The van der Waals surface area contributed by atoms with Gasteiger partial charge in [-0.2, -0.15) is 5.10 Å². The topological polar surface area (TPSA) is 121 Å². The first-order valence-electron chi connectivity index (χ1n) is 10.1. The Balaban J connectivity index is 1.51. The summed E-state index contributed by atoms with van der Waals surface area (Å²) in [5.41, 5.74) is 0.124. The molecule has 0 radical (unpaired) electrons. The number of anilines is 1. The second-order valence-electron chi connectivity index (χ2n) is 8.53. The largest absolute Gasteiger partial charge is 0.351 e. The fraction of sp³-hybridized carbons (Fsp3) is 0.286. The molecule has 1 aliphatic rings. The quantitative estimate of drug-likeness (QED) is 0.416. The van der Waals surface area contributed by atoms with Crippen molar-refractivity contribution in [2.24, 2.45) is 0 Å². The van der Waals surface area contributed by atoms with Gasteiger partial charge in [-0.1, -0.05) is 25.4 Å². The number of halogens is 3. The molecule has 4 heterocycles. The molecule has 1 aliphatic carbocycles. The summed E-state index contributed by atoms with van der Waals surface area (Å²) in [6.07, 6.45) is 1.74. The number of rotatable bonds is 4. The third-order valence-corrected chi connectivity index (χ3v) is 6.03.